The van der Waals surface area contributed by atoms with Gasteiger partial charge in [0.2, 0.25) is 0 Å². The van der Waals surface area contributed by atoms with Crippen molar-refractivity contribution in [2.24, 2.45) is 11.0 Å². The minimum Gasteiger partial charge on any atom is -0.497 e. The summed E-state index contributed by atoms with van der Waals surface area (Å²) in [5.74, 6) is -1.05. The number of amides is 1. The molecule has 0 spiro atoms. The van der Waals surface area contributed by atoms with Crippen molar-refractivity contribution < 1.29 is 14.3 Å². The number of hydrazone groups is 1. The molecule has 0 aliphatic carbocycles. The van der Waals surface area contributed by atoms with Gasteiger partial charge in [-0.1, -0.05) is 107 Å². The van der Waals surface area contributed by atoms with Crippen LogP contribution < -0.4 is 10.3 Å². The number of benzene rings is 5. The predicted octanol–water partition coefficient (Wildman–Crippen LogP) is 8.07. The standard InChI is InChI=1S/C39H28BrN3O4/c1-47-29-20-17-25(18-21-29)36-34(37(44)26-13-7-3-8-14-26)35(42-43(36)39(46)27-15-9-4-10-16-27)33-32(24-11-5-2-6-12-24)30-23-28(40)19-22-31(30)41-38(33)45/h2-23,34,36H,1H3,(H,41,45)/t34-,36-/m0/s1. The van der Waals surface area contributed by atoms with Crippen molar-refractivity contribution in [1.29, 1.82) is 0 Å². The molecule has 0 bridgehead atoms. The molecule has 8 heteroatoms. The number of halogens is 1. The summed E-state index contributed by atoms with van der Waals surface area (Å²) in [6.07, 6.45) is 0. The second-order valence-corrected chi connectivity index (χ2v) is 12.1. The molecule has 2 atom stereocenters. The number of Topliss-reactive ketones (excluding diaryl/α,β-unsaturated/α-hetero) is 1. The number of aromatic amines is 1. The third-order valence-electron chi connectivity index (χ3n) is 8.41. The van der Waals surface area contributed by atoms with Crippen LogP contribution in [0.2, 0.25) is 0 Å². The highest BCUT2D eigenvalue weighted by Gasteiger charge is 2.47. The van der Waals surface area contributed by atoms with E-state index in [0.717, 1.165) is 15.4 Å². The Morgan fingerprint density at radius 3 is 2.02 bits per heavy atom. The lowest BCUT2D eigenvalue weighted by Gasteiger charge is -2.27. The number of fused-ring (bicyclic) bond motifs is 1. The second kappa shape index (κ2) is 12.7. The van der Waals surface area contributed by atoms with E-state index in [2.05, 4.69) is 20.9 Å². The summed E-state index contributed by atoms with van der Waals surface area (Å²) in [5.41, 5.74) is 3.59. The number of nitrogens with zero attached hydrogens (tertiary/aromatic N) is 2. The molecular weight excluding hydrogens is 654 g/mol. The fourth-order valence-electron chi connectivity index (χ4n) is 6.22. The lowest BCUT2D eigenvalue weighted by Crippen LogP contribution is -2.36. The van der Waals surface area contributed by atoms with Crippen molar-refractivity contribution in [2.45, 2.75) is 6.04 Å². The molecule has 47 heavy (non-hydrogen) atoms. The van der Waals surface area contributed by atoms with Crippen LogP contribution in [0.1, 0.15) is 37.9 Å². The van der Waals surface area contributed by atoms with E-state index >= 15 is 0 Å². The Morgan fingerprint density at radius 2 is 1.38 bits per heavy atom. The molecule has 7 nitrogen and oxygen atoms in total. The first-order valence-electron chi connectivity index (χ1n) is 15.1. The Bertz CT molecular complexity index is 2200. The molecule has 5 aromatic carbocycles. The molecule has 2 heterocycles. The van der Waals surface area contributed by atoms with Gasteiger partial charge in [-0.05, 0) is 53.6 Å². The van der Waals surface area contributed by atoms with Gasteiger partial charge >= 0.3 is 0 Å². The van der Waals surface area contributed by atoms with Gasteiger partial charge in [0.05, 0.1) is 30.3 Å². The zero-order chi connectivity index (χ0) is 32.5. The number of H-pyrrole nitrogens is 1. The maximum absolute atomic E-state index is 14.8. The maximum Gasteiger partial charge on any atom is 0.274 e. The number of aromatic nitrogens is 1. The maximum atomic E-state index is 14.8. The van der Waals surface area contributed by atoms with E-state index in [4.69, 9.17) is 9.84 Å². The largest absolute Gasteiger partial charge is 0.497 e. The van der Waals surface area contributed by atoms with Gasteiger partial charge < -0.3 is 9.72 Å². The molecule has 0 saturated heterocycles. The molecule has 0 radical (unpaired) electrons. The van der Waals surface area contributed by atoms with Gasteiger partial charge in [-0.3, -0.25) is 14.4 Å². The summed E-state index contributed by atoms with van der Waals surface area (Å²) in [6.45, 7) is 0. The first kappa shape index (κ1) is 30.1. The van der Waals surface area contributed by atoms with E-state index in [-0.39, 0.29) is 17.1 Å². The molecule has 1 aliphatic rings. The highest BCUT2D eigenvalue weighted by Crippen LogP contribution is 2.43. The minimum absolute atomic E-state index is 0.214. The number of hydrogen-bond donors (Lipinski definition) is 1. The highest BCUT2D eigenvalue weighted by atomic mass is 79.9. The summed E-state index contributed by atoms with van der Waals surface area (Å²) < 4.78 is 6.24. The van der Waals surface area contributed by atoms with Gasteiger partial charge in [0.15, 0.2) is 5.78 Å². The number of carbonyl (C=O) groups excluding carboxylic acids is 2. The molecule has 7 rings (SSSR count). The van der Waals surface area contributed by atoms with Crippen LogP contribution in [0.3, 0.4) is 0 Å². The van der Waals surface area contributed by atoms with Crippen molar-refractivity contribution >= 4 is 44.2 Å². The van der Waals surface area contributed by atoms with Gasteiger partial charge in [-0.25, -0.2) is 5.01 Å². The molecule has 0 fully saturated rings. The number of ether oxygens (including phenoxy) is 1. The van der Waals surface area contributed by atoms with Crippen LogP contribution in [0.25, 0.3) is 22.0 Å². The average molecular weight is 683 g/mol. The van der Waals surface area contributed by atoms with Crippen LogP contribution in [0.4, 0.5) is 0 Å². The van der Waals surface area contributed by atoms with Gasteiger partial charge in [0.25, 0.3) is 11.5 Å². The van der Waals surface area contributed by atoms with E-state index in [1.807, 2.05) is 72.8 Å². The molecule has 0 unspecified atom stereocenters. The molecule has 1 amide bonds. The van der Waals surface area contributed by atoms with Crippen molar-refractivity contribution in [3.05, 3.63) is 171 Å². The normalized spacial score (nSPS) is 15.8. The molecule has 1 aliphatic heterocycles. The number of carbonyl (C=O) groups is 2. The third-order valence-corrected chi connectivity index (χ3v) is 8.90. The van der Waals surface area contributed by atoms with Crippen LogP contribution in [0.15, 0.2) is 148 Å². The van der Waals surface area contributed by atoms with E-state index < -0.39 is 23.4 Å². The first-order valence-corrected chi connectivity index (χ1v) is 15.9. The van der Waals surface area contributed by atoms with Crippen LogP contribution in [0.5, 0.6) is 5.75 Å². The monoisotopic (exact) mass is 681 g/mol. The molecular formula is C39H28BrN3O4. The Balaban J connectivity index is 1.55. The zero-order valence-electron chi connectivity index (χ0n) is 25.3. The fraction of sp³-hybridized carbons (Fsp3) is 0.0769. The van der Waals surface area contributed by atoms with E-state index in [1.54, 1.807) is 67.8 Å². The SMILES string of the molecule is COc1ccc([C@H]2[C@@H](C(=O)c3ccccc3)C(c3c(-c4ccccc4)c4cc(Br)ccc4[nH]c3=O)=NN2C(=O)c2ccccc2)cc1. The van der Waals surface area contributed by atoms with Crippen molar-refractivity contribution in [3.8, 4) is 16.9 Å². The average Bonchev–Trinajstić information content (AvgIpc) is 3.51. The van der Waals surface area contributed by atoms with Crippen LogP contribution in [-0.4, -0.2) is 34.5 Å². The number of hydrogen-bond acceptors (Lipinski definition) is 5. The smallest absolute Gasteiger partial charge is 0.274 e. The topological polar surface area (TPSA) is 91.8 Å². The lowest BCUT2D eigenvalue weighted by atomic mass is 9.80. The van der Waals surface area contributed by atoms with Crippen molar-refractivity contribution in [2.75, 3.05) is 7.11 Å². The molecule has 1 N–H and O–H groups in total. The third kappa shape index (κ3) is 5.57. The Morgan fingerprint density at radius 1 is 0.766 bits per heavy atom. The van der Waals surface area contributed by atoms with Crippen LogP contribution in [-0.2, 0) is 0 Å². The molecule has 0 saturated carbocycles. The Labute approximate surface area is 279 Å². The van der Waals surface area contributed by atoms with Gasteiger partial charge in [0, 0.05) is 32.1 Å². The van der Waals surface area contributed by atoms with E-state index in [0.29, 0.717) is 33.5 Å². The number of methoxy groups -OCH3 is 1. The van der Waals surface area contributed by atoms with Gasteiger partial charge in [-0.2, -0.15) is 5.10 Å². The first-order chi connectivity index (χ1) is 22.9. The summed E-state index contributed by atoms with van der Waals surface area (Å²) in [4.78, 5) is 46.4. The van der Waals surface area contributed by atoms with Crippen molar-refractivity contribution in [1.82, 2.24) is 9.99 Å². The summed E-state index contributed by atoms with van der Waals surface area (Å²) in [6, 6.07) is 39.3. The summed E-state index contributed by atoms with van der Waals surface area (Å²) in [5, 5.41) is 7.08. The molecule has 6 aromatic rings. The van der Waals surface area contributed by atoms with E-state index in [9.17, 15) is 14.4 Å². The second-order valence-electron chi connectivity index (χ2n) is 11.2. The van der Waals surface area contributed by atoms with Gasteiger partial charge in [0.1, 0.15) is 5.75 Å². The molecule has 230 valence electrons. The van der Waals surface area contributed by atoms with Gasteiger partial charge in [-0.15, -0.1) is 0 Å². The number of ketones is 1. The van der Waals surface area contributed by atoms with Crippen LogP contribution >= 0.6 is 15.9 Å². The number of rotatable bonds is 7. The van der Waals surface area contributed by atoms with E-state index in [1.165, 1.54) is 5.01 Å². The fourth-order valence-corrected chi connectivity index (χ4v) is 6.58. The number of nitrogens with one attached hydrogen (secondary N) is 1. The summed E-state index contributed by atoms with van der Waals surface area (Å²) >= 11 is 3.60. The van der Waals surface area contributed by atoms with Crippen molar-refractivity contribution in [3.63, 3.8) is 0 Å². The predicted molar refractivity (Wildman–Crippen MR) is 187 cm³/mol. The Hall–Kier alpha value is -5.60. The minimum atomic E-state index is -1.02. The quantitative estimate of drug-likeness (QED) is 0.173. The van der Waals surface area contributed by atoms with Crippen LogP contribution in [0, 0.1) is 5.92 Å². The highest BCUT2D eigenvalue weighted by molar-refractivity contribution is 9.10. The molecule has 1 aromatic heterocycles. The summed E-state index contributed by atoms with van der Waals surface area (Å²) in [7, 11) is 1.58. The Kier molecular flexibility index (Phi) is 8.10. The lowest BCUT2D eigenvalue weighted by molar-refractivity contribution is 0.0666. The number of pyridine rings is 1. The zero-order valence-corrected chi connectivity index (χ0v) is 26.8.